The lowest BCUT2D eigenvalue weighted by Gasteiger charge is -2.29. The molecule has 1 aromatic carbocycles. The summed E-state index contributed by atoms with van der Waals surface area (Å²) in [6.07, 6.45) is 2.46. The summed E-state index contributed by atoms with van der Waals surface area (Å²) >= 11 is 0. The molecule has 0 aromatic heterocycles. The van der Waals surface area contributed by atoms with Crippen LogP contribution in [0.3, 0.4) is 0 Å². The summed E-state index contributed by atoms with van der Waals surface area (Å²) in [7, 11) is 1.61. The maximum absolute atomic E-state index is 12.8. The van der Waals surface area contributed by atoms with Crippen LogP contribution in [0, 0.1) is 0 Å². The Morgan fingerprint density at radius 1 is 1.21 bits per heavy atom. The van der Waals surface area contributed by atoms with Gasteiger partial charge in [-0.1, -0.05) is 0 Å². The van der Waals surface area contributed by atoms with Crippen molar-refractivity contribution in [2.24, 2.45) is 0 Å². The third-order valence-electron chi connectivity index (χ3n) is 4.62. The molecule has 0 spiro atoms. The molecule has 2 amide bonds. The van der Waals surface area contributed by atoms with Gasteiger partial charge in [0.15, 0.2) is 0 Å². The van der Waals surface area contributed by atoms with E-state index in [1.165, 1.54) is 0 Å². The highest BCUT2D eigenvalue weighted by molar-refractivity contribution is 5.95. The van der Waals surface area contributed by atoms with Crippen molar-refractivity contribution in [1.29, 1.82) is 0 Å². The predicted molar refractivity (Wildman–Crippen MR) is 91.1 cm³/mol. The molecule has 1 N–H and O–H groups in total. The monoisotopic (exact) mass is 331 g/mol. The second-order valence-electron chi connectivity index (χ2n) is 6.34. The molecule has 2 aliphatic rings. The molecule has 0 atom stereocenters. The molecule has 0 bridgehead atoms. The van der Waals surface area contributed by atoms with Crippen LogP contribution >= 0.6 is 0 Å². The Hall–Kier alpha value is -2.08. The summed E-state index contributed by atoms with van der Waals surface area (Å²) in [6, 6.07) is 7.45. The summed E-state index contributed by atoms with van der Waals surface area (Å²) in [4.78, 5) is 28.8. The molecular formula is C18H25N3O3. The van der Waals surface area contributed by atoms with E-state index in [4.69, 9.17) is 4.74 Å². The van der Waals surface area contributed by atoms with Crippen molar-refractivity contribution < 1.29 is 14.3 Å². The molecule has 6 heteroatoms. The fraction of sp³-hybridized carbons (Fsp3) is 0.556. The predicted octanol–water partition coefficient (Wildman–Crippen LogP) is 1.12. The molecule has 1 aliphatic carbocycles. The average molecular weight is 331 g/mol. The maximum atomic E-state index is 12.8. The van der Waals surface area contributed by atoms with Crippen LogP contribution < -0.4 is 10.1 Å². The van der Waals surface area contributed by atoms with Crippen LogP contribution in [0.1, 0.15) is 29.6 Å². The quantitative estimate of drug-likeness (QED) is 0.849. The Bertz CT molecular complexity index is 578. The van der Waals surface area contributed by atoms with E-state index < -0.39 is 0 Å². The SMILES string of the molecule is COc1ccc(C(=O)N(CCC(=O)N2CCNCC2)C2CC2)cc1. The number of nitrogens with one attached hydrogen (secondary N) is 1. The molecule has 3 rings (SSSR count). The van der Waals surface area contributed by atoms with E-state index in [1.54, 1.807) is 31.4 Å². The number of methoxy groups -OCH3 is 1. The number of carbonyl (C=O) groups excluding carboxylic acids is 2. The van der Waals surface area contributed by atoms with Crippen LogP contribution in [0.2, 0.25) is 0 Å². The van der Waals surface area contributed by atoms with Gasteiger partial charge in [-0.15, -0.1) is 0 Å². The standard InChI is InChI=1S/C18H25N3O3/c1-24-16-6-2-14(3-7-16)18(23)21(15-4-5-15)11-8-17(22)20-12-9-19-10-13-20/h2-3,6-7,15,19H,4-5,8-13H2,1H3. The fourth-order valence-electron chi connectivity index (χ4n) is 3.02. The maximum Gasteiger partial charge on any atom is 0.254 e. The zero-order valence-electron chi connectivity index (χ0n) is 14.2. The van der Waals surface area contributed by atoms with Crippen LogP contribution in [0.15, 0.2) is 24.3 Å². The zero-order chi connectivity index (χ0) is 16.9. The zero-order valence-corrected chi connectivity index (χ0v) is 14.2. The van der Waals surface area contributed by atoms with Crippen molar-refractivity contribution in [2.45, 2.75) is 25.3 Å². The number of amides is 2. The van der Waals surface area contributed by atoms with E-state index >= 15 is 0 Å². The summed E-state index contributed by atoms with van der Waals surface area (Å²) in [5.74, 6) is 0.886. The second kappa shape index (κ2) is 7.66. The average Bonchev–Trinajstić information content (AvgIpc) is 3.47. The van der Waals surface area contributed by atoms with E-state index in [0.29, 0.717) is 18.5 Å². The first-order valence-corrected chi connectivity index (χ1v) is 8.62. The van der Waals surface area contributed by atoms with Crippen molar-refractivity contribution in [3.8, 4) is 5.75 Å². The van der Waals surface area contributed by atoms with Gasteiger partial charge in [-0.2, -0.15) is 0 Å². The van der Waals surface area contributed by atoms with Crippen LogP contribution in [0.25, 0.3) is 0 Å². The van der Waals surface area contributed by atoms with Crippen LogP contribution in [0.5, 0.6) is 5.75 Å². The Morgan fingerprint density at radius 3 is 2.46 bits per heavy atom. The third-order valence-corrected chi connectivity index (χ3v) is 4.62. The number of hydrogen-bond donors (Lipinski definition) is 1. The summed E-state index contributed by atoms with van der Waals surface area (Å²) in [5, 5.41) is 3.24. The summed E-state index contributed by atoms with van der Waals surface area (Å²) in [6.45, 7) is 3.72. The smallest absolute Gasteiger partial charge is 0.254 e. The Labute approximate surface area is 142 Å². The normalized spacial score (nSPS) is 17.5. The number of carbonyl (C=O) groups is 2. The first-order valence-electron chi connectivity index (χ1n) is 8.62. The molecule has 0 unspecified atom stereocenters. The van der Waals surface area contributed by atoms with Gasteiger partial charge >= 0.3 is 0 Å². The van der Waals surface area contributed by atoms with Gasteiger partial charge in [-0.05, 0) is 37.1 Å². The number of hydrogen-bond acceptors (Lipinski definition) is 4. The van der Waals surface area contributed by atoms with Gasteiger partial charge in [0.1, 0.15) is 5.75 Å². The van der Waals surface area contributed by atoms with Gasteiger partial charge in [-0.3, -0.25) is 9.59 Å². The Morgan fingerprint density at radius 2 is 1.88 bits per heavy atom. The van der Waals surface area contributed by atoms with Crippen molar-refractivity contribution in [3.63, 3.8) is 0 Å². The molecule has 1 saturated carbocycles. The van der Waals surface area contributed by atoms with Crippen LogP contribution in [-0.4, -0.2) is 67.5 Å². The lowest BCUT2D eigenvalue weighted by Crippen LogP contribution is -2.47. The van der Waals surface area contributed by atoms with E-state index in [-0.39, 0.29) is 17.9 Å². The summed E-state index contributed by atoms with van der Waals surface area (Å²) < 4.78 is 5.14. The van der Waals surface area contributed by atoms with Gasteiger partial charge in [0.05, 0.1) is 7.11 Å². The highest BCUT2D eigenvalue weighted by atomic mass is 16.5. The molecule has 6 nitrogen and oxygen atoms in total. The molecule has 1 heterocycles. The number of piperazine rings is 1. The van der Waals surface area contributed by atoms with E-state index in [9.17, 15) is 9.59 Å². The molecule has 24 heavy (non-hydrogen) atoms. The molecular weight excluding hydrogens is 306 g/mol. The number of ether oxygens (including phenoxy) is 1. The first kappa shape index (κ1) is 16.8. The lowest BCUT2D eigenvalue weighted by molar-refractivity contribution is -0.131. The van der Waals surface area contributed by atoms with Crippen molar-refractivity contribution in [2.75, 3.05) is 39.8 Å². The topological polar surface area (TPSA) is 61.9 Å². The molecule has 1 saturated heterocycles. The summed E-state index contributed by atoms with van der Waals surface area (Å²) in [5.41, 5.74) is 0.650. The fourth-order valence-corrected chi connectivity index (χ4v) is 3.02. The minimum absolute atomic E-state index is 0.00765. The van der Waals surface area contributed by atoms with E-state index in [2.05, 4.69) is 5.32 Å². The van der Waals surface area contributed by atoms with E-state index in [1.807, 2.05) is 9.80 Å². The molecule has 0 radical (unpaired) electrons. The van der Waals surface area contributed by atoms with Gasteiger partial charge in [0.2, 0.25) is 5.91 Å². The minimum Gasteiger partial charge on any atom is -0.497 e. The van der Waals surface area contributed by atoms with Gasteiger partial charge in [-0.25, -0.2) is 0 Å². The molecule has 2 fully saturated rings. The number of benzene rings is 1. The second-order valence-corrected chi connectivity index (χ2v) is 6.34. The first-order chi connectivity index (χ1) is 11.7. The van der Waals surface area contributed by atoms with Crippen molar-refractivity contribution >= 4 is 11.8 Å². The molecule has 1 aromatic rings. The van der Waals surface area contributed by atoms with Crippen LogP contribution in [0.4, 0.5) is 0 Å². The van der Waals surface area contributed by atoms with Gasteiger partial charge in [0.25, 0.3) is 5.91 Å². The Balaban J connectivity index is 1.59. The van der Waals surface area contributed by atoms with Crippen LogP contribution in [-0.2, 0) is 4.79 Å². The minimum atomic E-state index is 0.00765. The van der Waals surface area contributed by atoms with E-state index in [0.717, 1.165) is 44.8 Å². The van der Waals surface area contributed by atoms with Gasteiger partial charge < -0.3 is 19.9 Å². The largest absolute Gasteiger partial charge is 0.497 e. The van der Waals surface area contributed by atoms with Crippen molar-refractivity contribution in [1.82, 2.24) is 15.1 Å². The third kappa shape index (κ3) is 4.06. The highest BCUT2D eigenvalue weighted by Gasteiger charge is 2.33. The number of rotatable bonds is 6. The van der Waals surface area contributed by atoms with Gasteiger partial charge in [0, 0.05) is 50.7 Å². The van der Waals surface area contributed by atoms with Crippen molar-refractivity contribution in [3.05, 3.63) is 29.8 Å². The highest BCUT2D eigenvalue weighted by Crippen LogP contribution is 2.29. The Kier molecular flexibility index (Phi) is 5.35. The lowest BCUT2D eigenvalue weighted by atomic mass is 10.1. The molecule has 130 valence electrons. The molecule has 1 aliphatic heterocycles. The number of nitrogens with zero attached hydrogens (tertiary/aromatic N) is 2.